The molecule has 2 aromatic carbocycles. The van der Waals surface area contributed by atoms with E-state index >= 15 is 0 Å². The van der Waals surface area contributed by atoms with Crippen LogP contribution in [0.3, 0.4) is 0 Å². The Morgan fingerprint density at radius 2 is 1.71 bits per heavy atom. The molecule has 0 radical (unpaired) electrons. The van der Waals surface area contributed by atoms with Gasteiger partial charge in [-0.15, -0.1) is 0 Å². The number of piperidine rings is 1. The van der Waals surface area contributed by atoms with E-state index in [-0.39, 0.29) is 17.9 Å². The summed E-state index contributed by atoms with van der Waals surface area (Å²) in [5, 5.41) is 3.41. The van der Waals surface area contributed by atoms with E-state index in [1.807, 2.05) is 0 Å². The molecule has 2 heterocycles. The van der Waals surface area contributed by atoms with Crippen LogP contribution in [0.2, 0.25) is 0 Å². The number of hydrogen-bond acceptors (Lipinski definition) is 4. The maximum Gasteiger partial charge on any atom is 0.223 e. The molecule has 5 heteroatoms. The Morgan fingerprint density at radius 1 is 0.968 bits per heavy atom. The third-order valence-corrected chi connectivity index (χ3v) is 7.44. The van der Waals surface area contributed by atoms with E-state index < -0.39 is 0 Å². The Bertz CT molecular complexity index is 973. The lowest BCUT2D eigenvalue weighted by Gasteiger charge is -2.43. The molecular weight excluding hydrogens is 388 g/mol. The molecule has 1 amide bonds. The Morgan fingerprint density at radius 3 is 2.48 bits per heavy atom. The minimum absolute atomic E-state index is 0.108. The van der Waals surface area contributed by atoms with E-state index in [1.54, 1.807) is 14.2 Å². The third kappa shape index (κ3) is 4.03. The van der Waals surface area contributed by atoms with Crippen LogP contribution in [-0.4, -0.2) is 43.7 Å². The summed E-state index contributed by atoms with van der Waals surface area (Å²) in [5.41, 5.74) is 5.43. The topological polar surface area (TPSA) is 50.8 Å². The summed E-state index contributed by atoms with van der Waals surface area (Å²) in [7, 11) is 3.38. The van der Waals surface area contributed by atoms with Crippen molar-refractivity contribution >= 4 is 5.91 Å². The molecule has 0 spiro atoms. The zero-order chi connectivity index (χ0) is 21.4. The van der Waals surface area contributed by atoms with Crippen molar-refractivity contribution in [2.75, 3.05) is 20.8 Å². The summed E-state index contributed by atoms with van der Waals surface area (Å²) >= 11 is 0. The number of aryl methyl sites for hydroxylation is 1. The van der Waals surface area contributed by atoms with Crippen molar-refractivity contribution in [3.05, 3.63) is 58.7 Å². The minimum atomic E-state index is 0.108. The molecule has 2 aromatic rings. The summed E-state index contributed by atoms with van der Waals surface area (Å²) in [4.78, 5) is 15.6. The van der Waals surface area contributed by atoms with E-state index in [1.165, 1.54) is 22.3 Å². The van der Waals surface area contributed by atoms with Gasteiger partial charge < -0.3 is 14.8 Å². The van der Waals surface area contributed by atoms with Crippen LogP contribution in [0.15, 0.2) is 36.4 Å². The van der Waals surface area contributed by atoms with Gasteiger partial charge in [-0.25, -0.2) is 0 Å². The summed E-state index contributed by atoms with van der Waals surface area (Å²) in [6, 6.07) is 13.6. The van der Waals surface area contributed by atoms with Gasteiger partial charge >= 0.3 is 0 Å². The number of amides is 1. The summed E-state index contributed by atoms with van der Waals surface area (Å²) in [5.74, 6) is 1.95. The number of nitrogens with zero attached hydrogens (tertiary/aromatic N) is 1. The number of hydrogen-bond donors (Lipinski definition) is 1. The van der Waals surface area contributed by atoms with E-state index in [0.29, 0.717) is 6.04 Å². The lowest BCUT2D eigenvalue weighted by atomic mass is 9.82. The summed E-state index contributed by atoms with van der Waals surface area (Å²) in [6.07, 6.45) is 5.88. The molecule has 1 N–H and O–H groups in total. The molecule has 3 atom stereocenters. The number of carbonyl (C=O) groups excluding carboxylic acids is 1. The van der Waals surface area contributed by atoms with Crippen molar-refractivity contribution in [2.24, 2.45) is 5.92 Å². The monoisotopic (exact) mass is 420 g/mol. The number of fused-ring (bicyclic) bond motifs is 3. The highest BCUT2D eigenvalue weighted by molar-refractivity contribution is 5.79. The second kappa shape index (κ2) is 8.54. The van der Waals surface area contributed by atoms with Crippen molar-refractivity contribution in [3.63, 3.8) is 0 Å². The number of nitrogens with one attached hydrogen (secondary N) is 1. The fourth-order valence-electron chi connectivity index (χ4n) is 5.66. The molecule has 164 valence electrons. The van der Waals surface area contributed by atoms with Gasteiger partial charge in [-0.3, -0.25) is 9.69 Å². The highest BCUT2D eigenvalue weighted by Crippen LogP contribution is 2.37. The Labute approximate surface area is 184 Å². The van der Waals surface area contributed by atoms with Gasteiger partial charge in [0, 0.05) is 31.1 Å². The number of ether oxygens (including phenoxy) is 2. The highest BCUT2D eigenvalue weighted by Gasteiger charge is 2.35. The van der Waals surface area contributed by atoms with Gasteiger partial charge in [-0.05, 0) is 72.9 Å². The van der Waals surface area contributed by atoms with Crippen LogP contribution in [0.25, 0.3) is 0 Å². The smallest absolute Gasteiger partial charge is 0.223 e. The van der Waals surface area contributed by atoms with E-state index in [9.17, 15) is 4.79 Å². The molecule has 1 fully saturated rings. The van der Waals surface area contributed by atoms with Gasteiger partial charge in [0.1, 0.15) is 0 Å². The molecular formula is C26H32N2O3. The second-order valence-electron chi connectivity index (χ2n) is 9.24. The van der Waals surface area contributed by atoms with Gasteiger partial charge in [0.05, 0.1) is 14.2 Å². The first-order valence-corrected chi connectivity index (χ1v) is 11.5. The Balaban J connectivity index is 1.23. The molecule has 0 bridgehead atoms. The second-order valence-corrected chi connectivity index (χ2v) is 9.24. The van der Waals surface area contributed by atoms with E-state index in [4.69, 9.17) is 9.47 Å². The van der Waals surface area contributed by atoms with Gasteiger partial charge in [-0.1, -0.05) is 24.3 Å². The summed E-state index contributed by atoms with van der Waals surface area (Å²) in [6.45, 7) is 1.97. The first-order valence-electron chi connectivity index (χ1n) is 11.5. The SMILES string of the molecule is COc1cc2c(cc1OC)CN1CC[C@H](NC(=O)C3CCc4ccccc4C3)C[C@H]1C2. The van der Waals surface area contributed by atoms with Crippen LogP contribution in [0, 0.1) is 5.92 Å². The standard InChI is InChI=1S/C26H32N2O3/c1-30-24-13-20-12-23-15-22(9-10-28(23)16-21(20)14-25(24)31-2)27-26(29)19-8-7-17-5-3-4-6-18(17)11-19/h3-6,13-14,19,22-23H,7-12,15-16H2,1-2H3,(H,27,29)/t19?,22-,23+/m0/s1. The first-order chi connectivity index (χ1) is 15.1. The Hall–Kier alpha value is -2.53. The maximum absolute atomic E-state index is 13.0. The Kier molecular flexibility index (Phi) is 5.61. The minimum Gasteiger partial charge on any atom is -0.493 e. The molecule has 1 aliphatic carbocycles. The molecule has 0 aromatic heterocycles. The quantitative estimate of drug-likeness (QED) is 0.822. The van der Waals surface area contributed by atoms with E-state index in [2.05, 4.69) is 46.6 Å². The molecule has 1 saturated heterocycles. The van der Waals surface area contributed by atoms with Crippen molar-refractivity contribution in [2.45, 2.75) is 57.2 Å². The average Bonchev–Trinajstić information content (AvgIpc) is 2.81. The van der Waals surface area contributed by atoms with Gasteiger partial charge in [0.2, 0.25) is 5.91 Å². The van der Waals surface area contributed by atoms with Crippen LogP contribution in [0.5, 0.6) is 11.5 Å². The molecule has 5 rings (SSSR count). The van der Waals surface area contributed by atoms with Gasteiger partial charge in [0.25, 0.3) is 0 Å². The molecule has 1 unspecified atom stereocenters. The fourth-order valence-corrected chi connectivity index (χ4v) is 5.66. The van der Waals surface area contributed by atoms with Crippen LogP contribution in [-0.2, 0) is 30.6 Å². The van der Waals surface area contributed by atoms with Crippen molar-refractivity contribution in [3.8, 4) is 11.5 Å². The number of benzene rings is 2. The molecule has 0 saturated carbocycles. The van der Waals surface area contributed by atoms with Crippen molar-refractivity contribution in [1.82, 2.24) is 10.2 Å². The lowest BCUT2D eigenvalue weighted by Crippen LogP contribution is -2.53. The summed E-state index contributed by atoms with van der Waals surface area (Å²) < 4.78 is 11.0. The maximum atomic E-state index is 13.0. The zero-order valence-corrected chi connectivity index (χ0v) is 18.5. The molecule has 31 heavy (non-hydrogen) atoms. The predicted octanol–water partition coefficient (Wildman–Crippen LogP) is 3.51. The van der Waals surface area contributed by atoms with Gasteiger partial charge in [-0.2, -0.15) is 0 Å². The average molecular weight is 421 g/mol. The van der Waals surface area contributed by atoms with Gasteiger partial charge in [0.15, 0.2) is 11.5 Å². The van der Waals surface area contributed by atoms with Crippen LogP contribution in [0.1, 0.15) is 41.5 Å². The number of methoxy groups -OCH3 is 2. The number of rotatable bonds is 4. The molecule has 3 aliphatic rings. The van der Waals surface area contributed by atoms with Crippen LogP contribution < -0.4 is 14.8 Å². The molecule has 2 aliphatic heterocycles. The molecule has 5 nitrogen and oxygen atoms in total. The largest absolute Gasteiger partial charge is 0.493 e. The normalized spacial score (nSPS) is 25.0. The predicted molar refractivity (Wildman–Crippen MR) is 121 cm³/mol. The van der Waals surface area contributed by atoms with Crippen LogP contribution >= 0.6 is 0 Å². The third-order valence-electron chi connectivity index (χ3n) is 7.44. The number of carbonyl (C=O) groups is 1. The fraction of sp³-hybridized carbons (Fsp3) is 0.500. The zero-order valence-electron chi connectivity index (χ0n) is 18.5. The first kappa shape index (κ1) is 20.4. The van der Waals surface area contributed by atoms with Crippen molar-refractivity contribution < 1.29 is 14.3 Å². The van der Waals surface area contributed by atoms with E-state index in [0.717, 1.165) is 63.1 Å². The lowest BCUT2D eigenvalue weighted by molar-refractivity contribution is -0.126. The van der Waals surface area contributed by atoms with Crippen molar-refractivity contribution in [1.29, 1.82) is 0 Å². The van der Waals surface area contributed by atoms with Crippen LogP contribution in [0.4, 0.5) is 0 Å². The highest BCUT2D eigenvalue weighted by atomic mass is 16.5.